The number of amides is 2. The highest BCUT2D eigenvalue weighted by Crippen LogP contribution is 2.37. The first-order valence-corrected chi connectivity index (χ1v) is 13.6. The maximum atomic E-state index is 13.6. The number of H-pyrrole nitrogens is 1. The molecule has 8 nitrogen and oxygen atoms in total. The average Bonchev–Trinajstić information content (AvgIpc) is 3.41. The smallest absolute Gasteiger partial charge is 0.361 e. The van der Waals surface area contributed by atoms with Gasteiger partial charge in [-0.2, -0.15) is 26.3 Å². The molecule has 3 aromatic carbocycles. The highest BCUT2D eigenvalue weighted by atomic mass is 19.4. The number of piperazine rings is 1. The Morgan fingerprint density at radius 1 is 0.933 bits per heavy atom. The lowest BCUT2D eigenvalue weighted by atomic mass is 9.98. The summed E-state index contributed by atoms with van der Waals surface area (Å²) in [6.45, 7) is -0.298. The molecule has 0 radical (unpaired) electrons. The number of nitro benzene ring substituents is 1. The van der Waals surface area contributed by atoms with Crippen molar-refractivity contribution >= 4 is 34.5 Å². The molecule has 1 fully saturated rings. The fourth-order valence-electron chi connectivity index (χ4n) is 5.31. The molecule has 1 aliphatic rings. The van der Waals surface area contributed by atoms with Gasteiger partial charge in [-0.25, -0.2) is 0 Å². The van der Waals surface area contributed by atoms with Gasteiger partial charge in [-0.15, -0.1) is 0 Å². The molecule has 1 N–H and O–H groups in total. The fraction of sp³-hybridized carbons (Fsp3) is 0.226. The van der Waals surface area contributed by atoms with Crippen molar-refractivity contribution in [1.29, 1.82) is 0 Å². The second kappa shape index (κ2) is 12.1. The maximum Gasteiger partial charge on any atom is 0.416 e. The van der Waals surface area contributed by atoms with E-state index in [4.69, 9.17) is 0 Å². The number of nitro groups is 1. The van der Waals surface area contributed by atoms with E-state index in [0.717, 1.165) is 16.5 Å². The van der Waals surface area contributed by atoms with E-state index >= 15 is 0 Å². The molecule has 4 aromatic rings. The molecule has 1 atom stereocenters. The molecule has 1 aromatic heterocycles. The van der Waals surface area contributed by atoms with Gasteiger partial charge in [0.15, 0.2) is 0 Å². The van der Waals surface area contributed by atoms with Crippen molar-refractivity contribution in [1.82, 2.24) is 14.8 Å². The third kappa shape index (κ3) is 7.00. The van der Waals surface area contributed by atoms with Crippen molar-refractivity contribution in [2.75, 3.05) is 19.6 Å². The van der Waals surface area contributed by atoms with Crippen LogP contribution in [0.3, 0.4) is 0 Å². The lowest BCUT2D eigenvalue weighted by molar-refractivity contribution is -0.384. The Morgan fingerprint density at radius 3 is 2.29 bits per heavy atom. The van der Waals surface area contributed by atoms with Crippen LogP contribution in [0.5, 0.6) is 0 Å². The van der Waals surface area contributed by atoms with Crippen molar-refractivity contribution in [3.05, 3.63) is 117 Å². The predicted molar refractivity (Wildman–Crippen MR) is 152 cm³/mol. The zero-order valence-electron chi connectivity index (χ0n) is 23.2. The zero-order chi connectivity index (χ0) is 32.5. The van der Waals surface area contributed by atoms with Crippen LogP contribution in [-0.4, -0.2) is 57.2 Å². The Balaban J connectivity index is 1.46. The van der Waals surface area contributed by atoms with Crippen LogP contribution in [-0.2, 0) is 23.6 Å². The molecule has 0 saturated carbocycles. The minimum atomic E-state index is -5.13. The number of halogens is 6. The van der Waals surface area contributed by atoms with Crippen LogP contribution in [0.1, 0.15) is 32.6 Å². The van der Waals surface area contributed by atoms with E-state index in [9.17, 15) is 46.0 Å². The van der Waals surface area contributed by atoms with Gasteiger partial charge in [-0.3, -0.25) is 19.7 Å². The highest BCUT2D eigenvalue weighted by Gasteiger charge is 2.39. The molecule has 2 amide bonds. The monoisotopic (exact) mass is 630 g/mol. The van der Waals surface area contributed by atoms with Crippen molar-refractivity contribution in [2.24, 2.45) is 0 Å². The van der Waals surface area contributed by atoms with Gasteiger partial charge >= 0.3 is 12.4 Å². The van der Waals surface area contributed by atoms with Gasteiger partial charge in [0, 0.05) is 60.5 Å². The van der Waals surface area contributed by atoms with E-state index in [-0.39, 0.29) is 37.8 Å². The number of hydrogen-bond donors (Lipinski definition) is 1. The van der Waals surface area contributed by atoms with E-state index in [2.05, 4.69) is 4.98 Å². The lowest BCUT2D eigenvalue weighted by Gasteiger charge is -2.41. The number of carbonyl (C=O) groups excluding carboxylic acids is 2. The van der Waals surface area contributed by atoms with Gasteiger partial charge in [0.05, 0.1) is 22.1 Å². The van der Waals surface area contributed by atoms with Crippen LogP contribution in [0.15, 0.2) is 79.0 Å². The minimum absolute atomic E-state index is 0.0372. The van der Waals surface area contributed by atoms with E-state index in [1.165, 1.54) is 40.2 Å². The van der Waals surface area contributed by atoms with Gasteiger partial charge in [0.2, 0.25) is 5.91 Å². The highest BCUT2D eigenvalue weighted by molar-refractivity contribution is 5.96. The second-order valence-corrected chi connectivity index (χ2v) is 10.5. The number of aromatic amines is 1. The normalized spacial score (nSPS) is 16.0. The topological polar surface area (TPSA) is 99.5 Å². The van der Waals surface area contributed by atoms with Crippen molar-refractivity contribution in [3.63, 3.8) is 0 Å². The molecule has 0 aliphatic carbocycles. The molecule has 1 saturated heterocycles. The molecule has 1 aliphatic heterocycles. The number of alkyl halides is 6. The first-order chi connectivity index (χ1) is 21.2. The Hall–Kier alpha value is -5.14. The van der Waals surface area contributed by atoms with E-state index < -0.39 is 51.8 Å². The SMILES string of the molecule is O=C(/C=C/c1cccc([N+](=O)[O-])c1)N1CCN(C(=O)c2cc(C(F)(F)F)cc(C(F)(F)F)c2)[C@H](Cc2c[nH]c3ccccc23)C1. The lowest BCUT2D eigenvalue weighted by Crippen LogP contribution is -2.57. The fourth-order valence-corrected chi connectivity index (χ4v) is 5.31. The molecule has 2 heterocycles. The standard InChI is InChI=1S/C31H24F6N4O4/c32-30(33,34)22-13-20(14-23(16-22)31(35,36)37)29(43)40-11-10-39(28(42)9-8-19-4-3-5-24(12-19)41(44)45)18-25(40)15-21-17-38-27-7-2-1-6-26(21)27/h1-9,12-14,16-17,25,38H,10-11,15,18H2/b9-8+/t25-/m1/s1. The van der Waals surface area contributed by atoms with E-state index in [1.54, 1.807) is 24.4 Å². The summed E-state index contributed by atoms with van der Waals surface area (Å²) in [6.07, 6.45) is -5.82. The molecule has 45 heavy (non-hydrogen) atoms. The molecular formula is C31H24F6N4O4. The first kappa shape index (κ1) is 31.3. The largest absolute Gasteiger partial charge is 0.416 e. The summed E-state index contributed by atoms with van der Waals surface area (Å²) in [4.78, 5) is 43.0. The maximum absolute atomic E-state index is 13.6. The Bertz CT molecular complexity index is 1760. The van der Waals surface area contributed by atoms with Crippen LogP contribution < -0.4 is 0 Å². The molecule has 14 heteroatoms. The average molecular weight is 631 g/mol. The van der Waals surface area contributed by atoms with Gasteiger partial charge < -0.3 is 14.8 Å². The molecule has 5 rings (SSSR count). The van der Waals surface area contributed by atoms with Gasteiger partial charge in [-0.1, -0.05) is 30.3 Å². The number of para-hydroxylation sites is 1. The predicted octanol–water partition coefficient (Wildman–Crippen LogP) is 6.72. The van der Waals surface area contributed by atoms with Gasteiger partial charge in [0.25, 0.3) is 11.6 Å². The molecule has 0 bridgehead atoms. The van der Waals surface area contributed by atoms with Crippen LogP contribution in [0.4, 0.5) is 32.0 Å². The summed E-state index contributed by atoms with van der Waals surface area (Å²) in [5.41, 5.74) is -2.24. The second-order valence-electron chi connectivity index (χ2n) is 10.5. The van der Waals surface area contributed by atoms with Crippen molar-refractivity contribution < 1.29 is 40.9 Å². The number of benzene rings is 3. The Kier molecular flexibility index (Phi) is 8.41. The summed E-state index contributed by atoms with van der Waals surface area (Å²) < 4.78 is 81.2. The summed E-state index contributed by atoms with van der Waals surface area (Å²) in [5.74, 6) is -1.52. The number of hydrogen-bond acceptors (Lipinski definition) is 4. The number of carbonyl (C=O) groups is 2. The van der Waals surface area contributed by atoms with Crippen molar-refractivity contribution in [3.8, 4) is 0 Å². The Labute approximate surface area is 251 Å². The third-order valence-electron chi connectivity index (χ3n) is 7.52. The first-order valence-electron chi connectivity index (χ1n) is 13.6. The number of nitrogens with one attached hydrogen (secondary N) is 1. The zero-order valence-corrected chi connectivity index (χ0v) is 23.2. The Morgan fingerprint density at radius 2 is 1.62 bits per heavy atom. The quantitative estimate of drug-likeness (QED) is 0.111. The summed E-state index contributed by atoms with van der Waals surface area (Å²) in [6, 6.07) is 12.8. The van der Waals surface area contributed by atoms with Gasteiger partial charge in [-0.05, 0) is 47.9 Å². The summed E-state index contributed by atoms with van der Waals surface area (Å²) in [5, 5.41) is 11.9. The van der Waals surface area contributed by atoms with Crippen LogP contribution in [0.25, 0.3) is 17.0 Å². The van der Waals surface area contributed by atoms with Gasteiger partial charge in [0.1, 0.15) is 0 Å². The number of non-ortho nitro benzene ring substituents is 1. The summed E-state index contributed by atoms with van der Waals surface area (Å²) >= 11 is 0. The summed E-state index contributed by atoms with van der Waals surface area (Å²) in [7, 11) is 0. The number of nitrogens with zero attached hydrogens (tertiary/aromatic N) is 3. The van der Waals surface area contributed by atoms with Crippen LogP contribution in [0, 0.1) is 10.1 Å². The molecule has 0 spiro atoms. The van der Waals surface area contributed by atoms with E-state index in [0.29, 0.717) is 17.7 Å². The van der Waals surface area contributed by atoms with Crippen LogP contribution >= 0.6 is 0 Å². The van der Waals surface area contributed by atoms with Crippen molar-refractivity contribution in [2.45, 2.75) is 24.8 Å². The van der Waals surface area contributed by atoms with Crippen LogP contribution in [0.2, 0.25) is 0 Å². The minimum Gasteiger partial charge on any atom is -0.361 e. The molecular weight excluding hydrogens is 606 g/mol. The molecule has 234 valence electrons. The number of fused-ring (bicyclic) bond motifs is 1. The number of aromatic nitrogens is 1. The third-order valence-corrected chi connectivity index (χ3v) is 7.52. The van der Waals surface area contributed by atoms with E-state index in [1.807, 2.05) is 12.1 Å². The number of rotatable bonds is 6. The molecule has 0 unspecified atom stereocenters.